The van der Waals surface area contributed by atoms with E-state index in [4.69, 9.17) is 25.9 Å². The fourth-order valence-corrected chi connectivity index (χ4v) is 7.59. The molecule has 2 aromatic heterocycles. The van der Waals surface area contributed by atoms with E-state index >= 15 is 0 Å². The van der Waals surface area contributed by atoms with Crippen LogP contribution in [0, 0.1) is 13.8 Å². The number of fused-ring (bicyclic) bond motifs is 2. The third-order valence-electron chi connectivity index (χ3n) is 10.9. The minimum absolute atomic E-state index is 0.114. The van der Waals surface area contributed by atoms with Crippen LogP contribution in [0.5, 0.6) is 0 Å². The third kappa shape index (κ3) is 12.3. The van der Waals surface area contributed by atoms with Gasteiger partial charge >= 0.3 is 78.2 Å². The summed E-state index contributed by atoms with van der Waals surface area (Å²) in [5, 5.41) is 2.58. The number of halogens is 14. The molecule has 360 valence electrons. The van der Waals surface area contributed by atoms with Gasteiger partial charge in [0.25, 0.3) is 0 Å². The Morgan fingerprint density at radius 3 is 1.03 bits per heavy atom. The molecule has 0 radical (unpaired) electrons. The standard InChI is InChI=1S/2C24H17F6O.C2H6Si.2ClH.Zr/c2*1-3-14-5-6-15-8-16(21-7-4-13(2)31-21)11-20(15)22(14)17-9-18(23(25,26)27)12-19(10-17)24(28,29)30;1-3-2;;;/h2*4-12H,3H2,1-2H3;1-2H3;2*1H;/q2*-1;;;;+2/p-2. The maximum absolute atomic E-state index is 13.4. The quantitative estimate of drug-likeness (QED) is 0.0942. The molecule has 68 heavy (non-hydrogen) atoms. The van der Waals surface area contributed by atoms with E-state index in [1.54, 1.807) is 62.4 Å². The van der Waals surface area contributed by atoms with Crippen LogP contribution in [0.2, 0.25) is 13.1 Å². The van der Waals surface area contributed by atoms with Crippen LogP contribution in [0.1, 0.15) is 58.7 Å². The second kappa shape index (κ2) is 20.5. The van der Waals surface area contributed by atoms with Crippen LogP contribution >= 0.6 is 17.0 Å². The molecule has 8 aromatic rings. The van der Waals surface area contributed by atoms with Gasteiger partial charge in [-0.25, -0.2) is 0 Å². The monoisotopic (exact) mass is 1090 g/mol. The molecule has 0 N–H and O–H groups in total. The molecule has 6 aromatic carbocycles. The summed E-state index contributed by atoms with van der Waals surface area (Å²) in [5.41, 5.74) is -2.30. The fraction of sp³-hybridized carbons (Fsp3) is 0.240. The molecule has 0 fully saturated rings. The van der Waals surface area contributed by atoms with Crippen molar-refractivity contribution in [3.05, 3.63) is 154 Å². The summed E-state index contributed by atoms with van der Waals surface area (Å²) in [6.45, 7) is 11.5. The van der Waals surface area contributed by atoms with Gasteiger partial charge in [-0.3, -0.25) is 0 Å². The van der Waals surface area contributed by atoms with Crippen LogP contribution in [0.4, 0.5) is 52.7 Å². The molecular weight excluding hydrogens is 1050 g/mol. The van der Waals surface area contributed by atoms with E-state index in [0.717, 1.165) is 24.3 Å². The molecule has 0 unspecified atom stereocenters. The van der Waals surface area contributed by atoms with Gasteiger partial charge in [-0.1, -0.05) is 48.2 Å². The number of hydrogen-bond acceptors (Lipinski definition) is 2. The van der Waals surface area contributed by atoms with Gasteiger partial charge in [0.1, 0.15) is 0 Å². The van der Waals surface area contributed by atoms with Crippen molar-refractivity contribution in [2.75, 3.05) is 0 Å². The summed E-state index contributed by atoms with van der Waals surface area (Å²) in [5.74, 6) is 2.56. The summed E-state index contributed by atoms with van der Waals surface area (Å²) in [6.07, 6.45) is -18.7. The van der Waals surface area contributed by atoms with Crippen LogP contribution < -0.4 is 0 Å². The molecule has 8 rings (SSSR count). The van der Waals surface area contributed by atoms with Crippen molar-refractivity contribution in [2.24, 2.45) is 0 Å². The molecule has 0 atom stereocenters. The number of hydrogen-bond donors (Lipinski definition) is 0. The van der Waals surface area contributed by atoms with Crippen molar-refractivity contribution in [2.45, 2.75) is 78.3 Å². The first-order chi connectivity index (χ1) is 31.6. The Bertz CT molecular complexity index is 2840. The van der Waals surface area contributed by atoms with E-state index in [2.05, 4.69) is 13.1 Å². The number of rotatable bonds is 6. The van der Waals surface area contributed by atoms with Gasteiger partial charge in [0.15, 0.2) is 0 Å². The number of aryl methyl sites for hydroxylation is 4. The van der Waals surface area contributed by atoms with E-state index in [0.29, 0.717) is 90.8 Å². The average Bonchev–Trinajstić information content (AvgIpc) is 4.08. The van der Waals surface area contributed by atoms with Crippen molar-refractivity contribution in [1.82, 2.24) is 0 Å². The molecule has 0 saturated heterocycles. The summed E-state index contributed by atoms with van der Waals surface area (Å²) in [7, 11) is 11.2. The zero-order chi connectivity index (χ0) is 50.3. The predicted octanol–water partition coefficient (Wildman–Crippen LogP) is 19.0. The molecule has 0 aliphatic rings. The van der Waals surface area contributed by atoms with E-state index < -0.39 is 64.9 Å². The van der Waals surface area contributed by atoms with Crippen LogP contribution in [0.3, 0.4) is 0 Å². The molecule has 0 aliphatic heterocycles. The van der Waals surface area contributed by atoms with Crippen LogP contribution in [0.25, 0.3) is 66.4 Å². The summed E-state index contributed by atoms with van der Waals surface area (Å²) < 4.78 is 172. The summed E-state index contributed by atoms with van der Waals surface area (Å²) in [4.78, 5) is 0. The van der Waals surface area contributed by atoms with Crippen LogP contribution in [-0.2, 0) is 55.5 Å². The van der Waals surface area contributed by atoms with Gasteiger partial charge < -0.3 is 8.83 Å². The Labute approximate surface area is 398 Å². The molecule has 0 spiro atoms. The predicted molar refractivity (Wildman–Crippen MR) is 243 cm³/mol. The van der Waals surface area contributed by atoms with E-state index in [1.165, 1.54) is 0 Å². The van der Waals surface area contributed by atoms with Crippen molar-refractivity contribution in [3.63, 3.8) is 0 Å². The maximum atomic E-state index is 13.4. The van der Waals surface area contributed by atoms with E-state index in [-0.39, 0.29) is 28.7 Å². The van der Waals surface area contributed by atoms with Crippen molar-refractivity contribution in [1.29, 1.82) is 0 Å². The van der Waals surface area contributed by atoms with Crippen molar-refractivity contribution >= 4 is 44.0 Å². The van der Waals surface area contributed by atoms with Crippen molar-refractivity contribution < 1.29 is 79.5 Å². The number of alkyl halides is 12. The first-order valence-corrected chi connectivity index (χ1v) is 33.3. The summed E-state index contributed by atoms with van der Waals surface area (Å²) in [6, 6.07) is 24.8. The Morgan fingerprint density at radius 2 is 0.794 bits per heavy atom. The molecule has 0 bridgehead atoms. The summed E-state index contributed by atoms with van der Waals surface area (Å²) >= 11 is -1.65. The zero-order valence-electron chi connectivity index (χ0n) is 36.9. The SMILES string of the molecule is CCc1ccc2[cH-]c(-c3ccc(C)o3)cc2c1-c1cc(C(F)(F)F)cc(C(F)(F)F)c1.CCc1ccc2[cH-]c(-c3ccc(C)o3)cc2c1-c1cc(C(F)(F)F)cc(C(F)(F)F)c1.C[Si](C)=[Zr]([Cl])[Cl]. The van der Waals surface area contributed by atoms with Gasteiger partial charge in [-0.2, -0.15) is 52.7 Å². The van der Waals surface area contributed by atoms with Gasteiger partial charge in [0.05, 0.1) is 45.3 Å². The molecule has 0 aliphatic carbocycles. The third-order valence-corrected chi connectivity index (χ3v) is 30.6. The second-order valence-electron chi connectivity index (χ2n) is 16.1. The van der Waals surface area contributed by atoms with Crippen LogP contribution in [0.15, 0.2) is 118 Å². The topological polar surface area (TPSA) is 26.3 Å². The first kappa shape index (κ1) is 52.9. The van der Waals surface area contributed by atoms with Gasteiger partial charge in [-0.15, -0.1) is 57.9 Å². The average molecular weight is 1090 g/mol. The van der Waals surface area contributed by atoms with Gasteiger partial charge in [-0.05, 0) is 110 Å². The Kier molecular flexibility index (Phi) is 15.9. The number of benzene rings is 4. The molecule has 2 nitrogen and oxygen atoms in total. The molecule has 0 amide bonds. The molecule has 18 heteroatoms. The fourth-order valence-electron chi connectivity index (χ4n) is 7.59. The van der Waals surface area contributed by atoms with E-state index in [9.17, 15) is 52.7 Å². The molecular formula is C50H40Cl2F12O2SiZr-2. The van der Waals surface area contributed by atoms with Crippen molar-refractivity contribution in [3.8, 4) is 44.9 Å². The molecule has 2 heterocycles. The zero-order valence-corrected chi connectivity index (χ0v) is 41.9. The van der Waals surface area contributed by atoms with Gasteiger partial charge in [0, 0.05) is 0 Å². The van der Waals surface area contributed by atoms with E-state index in [1.807, 2.05) is 38.1 Å². The Balaban J connectivity index is 0.000000200. The normalized spacial score (nSPS) is 12.2. The van der Waals surface area contributed by atoms with Crippen LogP contribution in [-0.4, -0.2) is 5.43 Å². The molecule has 0 saturated carbocycles. The minimum atomic E-state index is -4.90. The number of furan rings is 2. The Morgan fingerprint density at radius 1 is 0.485 bits per heavy atom. The second-order valence-corrected chi connectivity index (χ2v) is 39.0. The Hall–Kier alpha value is -4.50. The van der Waals surface area contributed by atoms with Gasteiger partial charge in [0.2, 0.25) is 0 Å². The first-order valence-electron chi connectivity index (χ1n) is 20.7.